The lowest BCUT2D eigenvalue weighted by Crippen LogP contribution is -2.43. The molecule has 0 bridgehead atoms. The number of phenols is 1. The predicted octanol–water partition coefficient (Wildman–Crippen LogP) is 3.88. The summed E-state index contributed by atoms with van der Waals surface area (Å²) in [6.45, 7) is 3.67. The highest BCUT2D eigenvalue weighted by molar-refractivity contribution is 6.12. The van der Waals surface area contributed by atoms with E-state index in [0.717, 1.165) is 37.8 Å². The molecule has 1 aromatic carbocycles. The third-order valence-corrected chi connectivity index (χ3v) is 7.02. The molecule has 0 saturated heterocycles. The summed E-state index contributed by atoms with van der Waals surface area (Å²) in [6.07, 6.45) is 5.23. The number of dihydropyridines is 1. The lowest BCUT2D eigenvalue weighted by molar-refractivity contribution is -0.151. The summed E-state index contributed by atoms with van der Waals surface area (Å²) in [5.41, 5.74) is 2.82. The maximum absolute atomic E-state index is 13.7. The third-order valence-electron chi connectivity index (χ3n) is 7.02. The number of nitrogens with one attached hydrogen (secondary N) is 1. The van der Waals surface area contributed by atoms with Crippen LogP contribution >= 0.6 is 0 Å². The minimum Gasteiger partial charge on any atom is -0.508 e. The largest absolute Gasteiger partial charge is 0.508 e. The number of ketones is 1. The normalized spacial score (nSPS) is 25.9. The van der Waals surface area contributed by atoms with Crippen molar-refractivity contribution in [1.29, 1.82) is 0 Å². The molecule has 1 fully saturated rings. The van der Waals surface area contributed by atoms with Crippen LogP contribution in [0.25, 0.3) is 0 Å². The number of methoxy groups -OCH3 is 1. The highest BCUT2D eigenvalue weighted by atomic mass is 16.5. The van der Waals surface area contributed by atoms with Crippen molar-refractivity contribution in [3.05, 3.63) is 52.4 Å². The predicted molar refractivity (Wildman–Crippen MR) is 121 cm³/mol. The van der Waals surface area contributed by atoms with E-state index in [1.54, 1.807) is 12.1 Å². The molecule has 2 aliphatic carbocycles. The van der Waals surface area contributed by atoms with E-state index in [1.807, 2.05) is 13.8 Å². The number of carbonyl (C=O) groups excluding carboxylic acids is 3. The zero-order valence-electron chi connectivity index (χ0n) is 19.3. The monoisotopic (exact) mass is 453 g/mol. The maximum atomic E-state index is 13.7. The SMILES string of the molecule is COC(=O)C1C(=O)C2=C(CC1C)NC(C)=C(C(=O)OC1CCCCC1)C2c1ccc(O)cc1. The molecule has 2 N–H and O–H groups in total. The number of ether oxygens (including phenoxy) is 2. The number of hydrogen-bond acceptors (Lipinski definition) is 7. The van der Waals surface area contributed by atoms with Gasteiger partial charge in [0.05, 0.1) is 12.7 Å². The number of rotatable bonds is 4. The summed E-state index contributed by atoms with van der Waals surface area (Å²) < 4.78 is 10.8. The Morgan fingerprint density at radius 2 is 1.76 bits per heavy atom. The van der Waals surface area contributed by atoms with Crippen LogP contribution in [-0.2, 0) is 23.9 Å². The van der Waals surface area contributed by atoms with Gasteiger partial charge in [-0.2, -0.15) is 0 Å². The number of hydrogen-bond donors (Lipinski definition) is 2. The zero-order chi connectivity index (χ0) is 23.7. The van der Waals surface area contributed by atoms with Crippen molar-refractivity contribution in [3.8, 4) is 5.75 Å². The fraction of sp³-hybridized carbons (Fsp3) is 0.500. The van der Waals surface area contributed by atoms with E-state index in [1.165, 1.54) is 19.2 Å². The Labute approximate surface area is 193 Å². The molecule has 33 heavy (non-hydrogen) atoms. The van der Waals surface area contributed by atoms with Crippen LogP contribution in [0.3, 0.4) is 0 Å². The fourth-order valence-corrected chi connectivity index (χ4v) is 5.35. The molecule has 0 aromatic heterocycles. The number of allylic oxidation sites excluding steroid dienone is 3. The second kappa shape index (κ2) is 9.41. The molecule has 3 aliphatic rings. The average molecular weight is 454 g/mol. The third kappa shape index (κ3) is 4.41. The van der Waals surface area contributed by atoms with Crippen molar-refractivity contribution in [2.45, 2.75) is 64.4 Å². The topological polar surface area (TPSA) is 102 Å². The highest BCUT2D eigenvalue weighted by Gasteiger charge is 2.47. The van der Waals surface area contributed by atoms with E-state index in [2.05, 4.69) is 5.32 Å². The molecule has 0 radical (unpaired) electrons. The van der Waals surface area contributed by atoms with Crippen LogP contribution in [0.15, 0.2) is 46.8 Å². The molecule has 7 nitrogen and oxygen atoms in total. The molecular weight excluding hydrogens is 422 g/mol. The molecular formula is C26H31NO6. The summed E-state index contributed by atoms with van der Waals surface area (Å²) in [5, 5.41) is 13.1. The van der Waals surface area contributed by atoms with Gasteiger partial charge in [0.2, 0.25) is 0 Å². The van der Waals surface area contributed by atoms with Gasteiger partial charge in [-0.05, 0) is 62.6 Å². The van der Waals surface area contributed by atoms with E-state index in [-0.39, 0.29) is 23.6 Å². The second-order valence-electron chi connectivity index (χ2n) is 9.29. The smallest absolute Gasteiger partial charge is 0.337 e. The van der Waals surface area contributed by atoms with Gasteiger partial charge in [-0.3, -0.25) is 9.59 Å². The summed E-state index contributed by atoms with van der Waals surface area (Å²) in [7, 11) is 1.28. The molecule has 7 heteroatoms. The van der Waals surface area contributed by atoms with Gasteiger partial charge in [0.1, 0.15) is 17.8 Å². The summed E-state index contributed by atoms with van der Waals surface area (Å²) >= 11 is 0. The first-order valence-electron chi connectivity index (χ1n) is 11.6. The van der Waals surface area contributed by atoms with Crippen LogP contribution in [0, 0.1) is 11.8 Å². The Kier molecular flexibility index (Phi) is 6.58. The molecule has 0 amide bonds. The number of Topliss-reactive ketones (excluding diaryl/α,β-unsaturated/α-hetero) is 1. The molecule has 3 atom stereocenters. The molecule has 176 valence electrons. The fourth-order valence-electron chi connectivity index (χ4n) is 5.35. The number of benzene rings is 1. The first-order chi connectivity index (χ1) is 15.8. The van der Waals surface area contributed by atoms with Crippen molar-refractivity contribution in [2.24, 2.45) is 11.8 Å². The van der Waals surface area contributed by atoms with Crippen LogP contribution in [0.4, 0.5) is 0 Å². The van der Waals surface area contributed by atoms with Crippen LogP contribution in [0.5, 0.6) is 5.75 Å². The number of carbonyl (C=O) groups is 3. The maximum Gasteiger partial charge on any atom is 0.337 e. The molecule has 3 unspecified atom stereocenters. The number of esters is 2. The van der Waals surface area contributed by atoms with Gasteiger partial charge in [0.25, 0.3) is 0 Å². The minimum absolute atomic E-state index is 0.0879. The molecule has 1 heterocycles. The second-order valence-corrected chi connectivity index (χ2v) is 9.29. The first-order valence-corrected chi connectivity index (χ1v) is 11.6. The standard InChI is InChI=1S/C26H31NO6/c1-14-13-19-23(24(29)20(14)25(30)32-3)22(16-9-11-17(28)12-10-16)21(15(2)27-19)26(31)33-18-7-5-4-6-8-18/h9-12,14,18,20,22,27-28H,4-8,13H2,1-3H3. The molecule has 1 aromatic rings. The van der Waals surface area contributed by atoms with E-state index < -0.39 is 23.8 Å². The van der Waals surface area contributed by atoms with Crippen LogP contribution in [0.2, 0.25) is 0 Å². The Bertz CT molecular complexity index is 1020. The van der Waals surface area contributed by atoms with Crippen molar-refractivity contribution in [3.63, 3.8) is 0 Å². The Balaban J connectivity index is 1.77. The number of phenolic OH excluding ortho intramolecular Hbond substituents is 1. The summed E-state index contributed by atoms with van der Waals surface area (Å²) in [4.78, 5) is 39.6. The number of aromatic hydroxyl groups is 1. The van der Waals surface area contributed by atoms with Crippen LogP contribution in [-0.4, -0.2) is 36.0 Å². The van der Waals surface area contributed by atoms with Gasteiger partial charge in [0.15, 0.2) is 5.78 Å². The van der Waals surface area contributed by atoms with Crippen molar-refractivity contribution < 1.29 is 29.0 Å². The van der Waals surface area contributed by atoms with Gasteiger partial charge in [-0.1, -0.05) is 25.5 Å². The lowest BCUT2D eigenvalue weighted by Gasteiger charge is -2.38. The summed E-state index contributed by atoms with van der Waals surface area (Å²) in [6, 6.07) is 6.47. The molecule has 4 rings (SSSR count). The van der Waals surface area contributed by atoms with E-state index in [9.17, 15) is 19.5 Å². The zero-order valence-corrected chi connectivity index (χ0v) is 19.3. The van der Waals surface area contributed by atoms with Gasteiger partial charge < -0.3 is 19.9 Å². The molecule has 0 spiro atoms. The molecule has 1 saturated carbocycles. The first kappa shape index (κ1) is 23.1. The van der Waals surface area contributed by atoms with Gasteiger partial charge in [0, 0.05) is 22.9 Å². The lowest BCUT2D eigenvalue weighted by atomic mass is 9.69. The Morgan fingerprint density at radius 3 is 2.39 bits per heavy atom. The van der Waals surface area contributed by atoms with E-state index >= 15 is 0 Å². The van der Waals surface area contributed by atoms with Gasteiger partial charge >= 0.3 is 11.9 Å². The molecule has 1 aliphatic heterocycles. The van der Waals surface area contributed by atoms with Crippen LogP contribution in [0.1, 0.15) is 63.9 Å². The Hall–Kier alpha value is -3.09. The quantitative estimate of drug-likeness (QED) is 0.527. The van der Waals surface area contributed by atoms with E-state index in [4.69, 9.17) is 9.47 Å². The highest BCUT2D eigenvalue weighted by Crippen LogP contribution is 2.46. The average Bonchev–Trinajstić information content (AvgIpc) is 2.79. The van der Waals surface area contributed by atoms with Crippen LogP contribution < -0.4 is 5.32 Å². The van der Waals surface area contributed by atoms with Gasteiger partial charge in [-0.25, -0.2) is 4.79 Å². The van der Waals surface area contributed by atoms with E-state index in [0.29, 0.717) is 28.8 Å². The van der Waals surface area contributed by atoms with Gasteiger partial charge in [-0.15, -0.1) is 0 Å². The Morgan fingerprint density at radius 1 is 1.09 bits per heavy atom. The van der Waals surface area contributed by atoms with Crippen molar-refractivity contribution in [1.82, 2.24) is 5.32 Å². The van der Waals surface area contributed by atoms with Crippen molar-refractivity contribution in [2.75, 3.05) is 7.11 Å². The minimum atomic E-state index is -0.927. The summed E-state index contributed by atoms with van der Waals surface area (Å²) in [5.74, 6) is -3.12. The van der Waals surface area contributed by atoms with Crippen molar-refractivity contribution >= 4 is 17.7 Å².